The van der Waals surface area contributed by atoms with Gasteiger partial charge in [0.1, 0.15) is 12.4 Å². The van der Waals surface area contributed by atoms with Crippen molar-refractivity contribution in [2.45, 2.75) is 39.8 Å². The molecule has 24 heavy (non-hydrogen) atoms. The summed E-state index contributed by atoms with van der Waals surface area (Å²) < 4.78 is 5.84. The summed E-state index contributed by atoms with van der Waals surface area (Å²) in [4.78, 5) is 16.7. The minimum Gasteiger partial charge on any atom is -0.491 e. The minimum absolute atomic E-state index is 0.00472. The van der Waals surface area contributed by atoms with E-state index < -0.39 is 0 Å². The van der Waals surface area contributed by atoms with E-state index in [0.717, 1.165) is 17.9 Å². The number of hydrogen-bond acceptors (Lipinski definition) is 3. The van der Waals surface area contributed by atoms with Gasteiger partial charge < -0.3 is 15.0 Å². The number of carbonyl (C=O) groups excluding carboxylic acids is 1. The zero-order valence-electron chi connectivity index (χ0n) is 14.9. The van der Waals surface area contributed by atoms with Crippen LogP contribution in [0.3, 0.4) is 0 Å². The number of rotatable bonds is 4. The molecule has 0 unspecified atom stereocenters. The fourth-order valence-corrected chi connectivity index (χ4v) is 3.32. The number of ether oxygens (including phenoxy) is 1. The normalized spacial score (nSPS) is 18.2. The Kier molecular flexibility index (Phi) is 5.61. The molecule has 0 aliphatic carbocycles. The van der Waals surface area contributed by atoms with Gasteiger partial charge in [-0.1, -0.05) is 19.9 Å². The Bertz CT molecular complexity index is 568. The summed E-state index contributed by atoms with van der Waals surface area (Å²) in [5.74, 6) is 1.37. The lowest BCUT2D eigenvalue weighted by atomic mass is 10.1. The van der Waals surface area contributed by atoms with E-state index in [0.29, 0.717) is 32.2 Å². The van der Waals surface area contributed by atoms with E-state index in [2.05, 4.69) is 42.3 Å². The molecule has 3 rings (SSSR count). The average Bonchev–Trinajstić information content (AvgIpc) is 2.97. The van der Waals surface area contributed by atoms with Gasteiger partial charge in [0, 0.05) is 18.7 Å². The largest absolute Gasteiger partial charge is 0.491 e. The van der Waals surface area contributed by atoms with Gasteiger partial charge in [0.25, 0.3) is 0 Å². The van der Waals surface area contributed by atoms with E-state index in [4.69, 9.17) is 4.74 Å². The van der Waals surface area contributed by atoms with Gasteiger partial charge >= 0.3 is 6.03 Å². The molecule has 1 fully saturated rings. The van der Waals surface area contributed by atoms with Crippen LogP contribution >= 0.6 is 0 Å². The number of nitrogens with one attached hydrogen (secondary N) is 1. The molecule has 0 atom stereocenters. The summed E-state index contributed by atoms with van der Waals surface area (Å²) in [5.41, 5.74) is 2.42. The lowest BCUT2D eigenvalue weighted by Gasteiger charge is -2.21. The first-order valence-corrected chi connectivity index (χ1v) is 9.11. The van der Waals surface area contributed by atoms with E-state index in [1.54, 1.807) is 0 Å². The smallest absolute Gasteiger partial charge is 0.317 e. The molecule has 1 aromatic carbocycles. The molecule has 5 heteroatoms. The third kappa shape index (κ3) is 4.41. The van der Waals surface area contributed by atoms with Crippen molar-refractivity contribution in [1.82, 2.24) is 15.1 Å². The third-order valence-corrected chi connectivity index (χ3v) is 4.66. The number of hydrogen-bond donors (Lipinski definition) is 1. The fraction of sp³-hybridized carbons (Fsp3) is 0.632. The first-order chi connectivity index (χ1) is 11.6. The van der Waals surface area contributed by atoms with Gasteiger partial charge in [-0.3, -0.25) is 4.90 Å². The number of amides is 2. The van der Waals surface area contributed by atoms with Crippen LogP contribution in [0.1, 0.15) is 37.8 Å². The molecular weight excluding hydrogens is 302 g/mol. The number of nitrogens with zero attached hydrogens (tertiary/aromatic N) is 2. The summed E-state index contributed by atoms with van der Waals surface area (Å²) in [5, 5.41) is 3.01. The number of carbonyl (C=O) groups is 1. The summed E-state index contributed by atoms with van der Waals surface area (Å²) in [6, 6.07) is 6.44. The van der Waals surface area contributed by atoms with Crippen molar-refractivity contribution in [2.75, 3.05) is 32.8 Å². The second-order valence-electron chi connectivity index (χ2n) is 7.28. The highest BCUT2D eigenvalue weighted by molar-refractivity contribution is 5.74. The van der Waals surface area contributed by atoms with E-state index in [1.807, 2.05) is 4.90 Å². The molecule has 2 aliphatic heterocycles. The molecule has 2 heterocycles. The molecule has 1 N–H and O–H groups in total. The lowest BCUT2D eigenvalue weighted by molar-refractivity contribution is 0.186. The second-order valence-corrected chi connectivity index (χ2v) is 7.28. The van der Waals surface area contributed by atoms with Crippen LogP contribution in [0.4, 0.5) is 4.79 Å². The zero-order valence-corrected chi connectivity index (χ0v) is 14.9. The Hall–Kier alpha value is -1.75. The number of likely N-dealkylation sites (tertiary alicyclic amines) is 1. The molecule has 0 radical (unpaired) electrons. The minimum atomic E-state index is 0.00472. The standard InChI is InChI=1S/C19H29N3O2/c1-15(2)12-20-19(23)22-9-10-24-18-6-5-16(11-17(18)14-22)13-21-7-3-4-8-21/h5-6,11,15H,3-4,7-10,12-14H2,1-2H3,(H,20,23). The first kappa shape index (κ1) is 17.1. The van der Waals surface area contributed by atoms with Crippen LogP contribution in [0.25, 0.3) is 0 Å². The number of benzene rings is 1. The molecule has 2 aliphatic rings. The Morgan fingerprint density at radius 1 is 1.25 bits per heavy atom. The highest BCUT2D eigenvalue weighted by atomic mass is 16.5. The molecule has 1 saturated heterocycles. The van der Waals surface area contributed by atoms with Crippen LogP contribution in [0.15, 0.2) is 18.2 Å². The highest BCUT2D eigenvalue weighted by Crippen LogP contribution is 2.25. The summed E-state index contributed by atoms with van der Waals surface area (Å²) in [7, 11) is 0. The monoisotopic (exact) mass is 331 g/mol. The number of urea groups is 1. The Morgan fingerprint density at radius 2 is 2.04 bits per heavy atom. The Morgan fingerprint density at radius 3 is 2.79 bits per heavy atom. The van der Waals surface area contributed by atoms with Crippen LogP contribution < -0.4 is 10.1 Å². The Labute approximate surface area is 145 Å². The van der Waals surface area contributed by atoms with Crippen molar-refractivity contribution >= 4 is 6.03 Å². The van der Waals surface area contributed by atoms with Gasteiger partial charge in [-0.2, -0.15) is 0 Å². The Balaban J connectivity index is 1.67. The van der Waals surface area contributed by atoms with Crippen molar-refractivity contribution in [3.8, 4) is 5.75 Å². The maximum atomic E-state index is 12.4. The average molecular weight is 331 g/mol. The van der Waals surface area contributed by atoms with Gasteiger partial charge in [0.05, 0.1) is 13.1 Å². The molecule has 1 aromatic rings. The predicted molar refractivity (Wildman–Crippen MR) is 95.1 cm³/mol. The summed E-state index contributed by atoms with van der Waals surface area (Å²) in [6.45, 7) is 10.1. The maximum Gasteiger partial charge on any atom is 0.317 e. The maximum absolute atomic E-state index is 12.4. The molecule has 132 valence electrons. The zero-order chi connectivity index (χ0) is 16.9. The van der Waals surface area contributed by atoms with E-state index >= 15 is 0 Å². The number of fused-ring (bicyclic) bond motifs is 1. The molecule has 5 nitrogen and oxygen atoms in total. The van der Waals surface area contributed by atoms with Crippen LogP contribution in [-0.2, 0) is 13.1 Å². The molecule has 0 spiro atoms. The van der Waals surface area contributed by atoms with Gasteiger partial charge in [0.2, 0.25) is 0 Å². The SMILES string of the molecule is CC(C)CNC(=O)N1CCOc2ccc(CN3CCCC3)cc2C1. The van der Waals surface area contributed by atoms with Crippen LogP contribution in [0, 0.1) is 5.92 Å². The summed E-state index contributed by atoms with van der Waals surface area (Å²) in [6.07, 6.45) is 2.61. The topological polar surface area (TPSA) is 44.8 Å². The van der Waals surface area contributed by atoms with Gasteiger partial charge in [0.15, 0.2) is 0 Å². The van der Waals surface area contributed by atoms with Crippen molar-refractivity contribution in [3.63, 3.8) is 0 Å². The van der Waals surface area contributed by atoms with Crippen molar-refractivity contribution in [1.29, 1.82) is 0 Å². The van der Waals surface area contributed by atoms with Crippen LogP contribution in [0.2, 0.25) is 0 Å². The van der Waals surface area contributed by atoms with Crippen LogP contribution in [0.5, 0.6) is 5.75 Å². The van der Waals surface area contributed by atoms with Crippen molar-refractivity contribution in [2.24, 2.45) is 5.92 Å². The molecule has 0 aromatic heterocycles. The quantitative estimate of drug-likeness (QED) is 0.923. The first-order valence-electron chi connectivity index (χ1n) is 9.11. The molecular formula is C19H29N3O2. The second kappa shape index (κ2) is 7.88. The third-order valence-electron chi connectivity index (χ3n) is 4.66. The van der Waals surface area contributed by atoms with Gasteiger partial charge in [-0.15, -0.1) is 0 Å². The van der Waals surface area contributed by atoms with Gasteiger partial charge in [-0.05, 0) is 49.5 Å². The summed E-state index contributed by atoms with van der Waals surface area (Å²) >= 11 is 0. The van der Waals surface area contributed by atoms with Crippen LogP contribution in [-0.4, -0.2) is 48.6 Å². The van der Waals surface area contributed by atoms with E-state index in [9.17, 15) is 4.79 Å². The van der Waals surface area contributed by atoms with Crippen molar-refractivity contribution < 1.29 is 9.53 Å². The van der Waals surface area contributed by atoms with E-state index in [-0.39, 0.29) is 6.03 Å². The molecule has 0 saturated carbocycles. The fourth-order valence-electron chi connectivity index (χ4n) is 3.32. The molecule has 2 amide bonds. The lowest BCUT2D eigenvalue weighted by Crippen LogP contribution is -2.41. The molecule has 0 bridgehead atoms. The van der Waals surface area contributed by atoms with E-state index in [1.165, 1.54) is 31.5 Å². The van der Waals surface area contributed by atoms with Gasteiger partial charge in [-0.25, -0.2) is 4.79 Å². The van der Waals surface area contributed by atoms with Crippen molar-refractivity contribution in [3.05, 3.63) is 29.3 Å². The predicted octanol–water partition coefficient (Wildman–Crippen LogP) is 2.84. The highest BCUT2D eigenvalue weighted by Gasteiger charge is 2.21.